The number of aliphatic hydroxyl groups is 1. The van der Waals surface area contributed by atoms with Crippen LogP contribution in [0.4, 0.5) is 0 Å². The second-order valence-electron chi connectivity index (χ2n) is 8.49. The molecule has 2 aromatic heterocycles. The van der Waals surface area contributed by atoms with Crippen LogP contribution in [0, 0.1) is 0 Å². The summed E-state index contributed by atoms with van der Waals surface area (Å²) < 4.78 is 1.77. The van der Waals surface area contributed by atoms with Crippen LogP contribution in [0.2, 0.25) is 10.0 Å². The molecular weight excluding hydrogens is 513 g/mol. The maximum atomic E-state index is 12.4. The van der Waals surface area contributed by atoms with Crippen LogP contribution in [0.3, 0.4) is 0 Å². The lowest BCUT2D eigenvalue weighted by Gasteiger charge is -2.31. The highest BCUT2D eigenvalue weighted by molar-refractivity contribution is 7.99. The molecule has 0 spiro atoms. The molecule has 0 saturated heterocycles. The van der Waals surface area contributed by atoms with Gasteiger partial charge in [-0.3, -0.25) is 4.98 Å². The Kier molecular flexibility index (Phi) is 6.01. The molecule has 1 aliphatic rings. The van der Waals surface area contributed by atoms with Crippen LogP contribution < -0.4 is 0 Å². The van der Waals surface area contributed by atoms with Crippen molar-refractivity contribution in [2.24, 2.45) is 0 Å². The molecule has 3 aromatic carbocycles. The molecule has 0 amide bonds. The molecule has 178 valence electrons. The maximum absolute atomic E-state index is 12.4. The Hall–Kier alpha value is -3.23. The predicted molar refractivity (Wildman–Crippen MR) is 142 cm³/mol. The zero-order chi connectivity index (χ0) is 24.7. The number of nitrogens with zero attached hydrogens (tertiary/aromatic N) is 5. The third kappa shape index (κ3) is 3.98. The van der Waals surface area contributed by atoms with Gasteiger partial charge in [-0.2, -0.15) is 4.68 Å². The molecule has 1 aliphatic heterocycles. The van der Waals surface area contributed by atoms with Gasteiger partial charge in [-0.05, 0) is 75.1 Å². The topological polar surface area (TPSA) is 76.7 Å². The van der Waals surface area contributed by atoms with Crippen molar-refractivity contribution in [2.75, 3.05) is 0 Å². The Morgan fingerprint density at radius 1 is 0.889 bits per heavy atom. The normalized spacial score (nSPS) is 16.5. The number of pyridine rings is 1. The van der Waals surface area contributed by atoms with Gasteiger partial charge in [0.05, 0.1) is 16.7 Å². The molecule has 0 bridgehead atoms. The molecule has 6 rings (SSSR count). The van der Waals surface area contributed by atoms with Crippen molar-refractivity contribution in [1.29, 1.82) is 0 Å². The van der Waals surface area contributed by atoms with Crippen LogP contribution in [0.25, 0.3) is 5.69 Å². The number of thioether (sulfide) groups is 1. The van der Waals surface area contributed by atoms with Crippen molar-refractivity contribution < 1.29 is 5.11 Å². The number of benzene rings is 3. The van der Waals surface area contributed by atoms with Crippen LogP contribution in [0.15, 0.2) is 91.3 Å². The van der Waals surface area contributed by atoms with Crippen molar-refractivity contribution in [1.82, 2.24) is 25.2 Å². The average molecular weight is 532 g/mol. The number of aromatic nitrogens is 5. The van der Waals surface area contributed by atoms with Crippen LogP contribution in [-0.4, -0.2) is 30.3 Å². The van der Waals surface area contributed by atoms with E-state index >= 15 is 0 Å². The summed E-state index contributed by atoms with van der Waals surface area (Å²) >= 11 is 14.3. The van der Waals surface area contributed by atoms with Crippen LogP contribution in [0.1, 0.15) is 38.9 Å². The van der Waals surface area contributed by atoms with Gasteiger partial charge in [-0.15, -0.1) is 16.9 Å². The summed E-state index contributed by atoms with van der Waals surface area (Å²) in [6, 6.07) is 24.7. The highest BCUT2D eigenvalue weighted by atomic mass is 35.5. The first-order valence-electron chi connectivity index (χ1n) is 11.2. The van der Waals surface area contributed by atoms with Gasteiger partial charge < -0.3 is 5.11 Å². The largest absolute Gasteiger partial charge is 0.376 e. The first-order valence-corrected chi connectivity index (χ1v) is 13.0. The van der Waals surface area contributed by atoms with Gasteiger partial charge in [0.15, 0.2) is 5.82 Å². The quantitative estimate of drug-likeness (QED) is 0.307. The zero-order valence-corrected chi connectivity index (χ0v) is 21.1. The Balaban J connectivity index is 1.59. The van der Waals surface area contributed by atoms with Crippen LogP contribution in [0.5, 0.6) is 0 Å². The molecule has 2 unspecified atom stereocenters. The lowest BCUT2D eigenvalue weighted by Crippen LogP contribution is -2.29. The predicted octanol–water partition coefficient (Wildman–Crippen LogP) is 5.98. The van der Waals surface area contributed by atoms with E-state index in [-0.39, 0.29) is 5.25 Å². The minimum absolute atomic E-state index is 0.0643. The van der Waals surface area contributed by atoms with E-state index in [4.69, 9.17) is 23.2 Å². The van der Waals surface area contributed by atoms with E-state index in [0.717, 1.165) is 22.6 Å². The van der Waals surface area contributed by atoms with E-state index in [1.54, 1.807) is 41.0 Å². The summed E-state index contributed by atoms with van der Waals surface area (Å²) in [7, 11) is 0. The second kappa shape index (κ2) is 9.33. The molecule has 0 saturated carbocycles. The number of rotatable bonds is 4. The van der Waals surface area contributed by atoms with Gasteiger partial charge in [0.2, 0.25) is 0 Å². The molecule has 9 heteroatoms. The van der Waals surface area contributed by atoms with Crippen molar-refractivity contribution in [2.45, 2.75) is 16.6 Å². The Morgan fingerprint density at radius 2 is 1.72 bits per heavy atom. The third-order valence-electron chi connectivity index (χ3n) is 6.36. The van der Waals surface area contributed by atoms with E-state index < -0.39 is 5.60 Å². The molecule has 3 heterocycles. The van der Waals surface area contributed by atoms with E-state index in [0.29, 0.717) is 32.5 Å². The van der Waals surface area contributed by atoms with Gasteiger partial charge in [-0.1, -0.05) is 59.6 Å². The average Bonchev–Trinajstić information content (AvgIpc) is 3.32. The van der Waals surface area contributed by atoms with E-state index in [2.05, 4.69) is 26.6 Å². The molecule has 1 N–H and O–H groups in total. The maximum Gasteiger partial charge on any atom is 0.166 e. The van der Waals surface area contributed by atoms with Crippen molar-refractivity contribution in [3.8, 4) is 5.69 Å². The highest BCUT2D eigenvalue weighted by Crippen LogP contribution is 2.46. The van der Waals surface area contributed by atoms with Gasteiger partial charge in [0, 0.05) is 28.0 Å². The smallest absolute Gasteiger partial charge is 0.166 e. The SMILES string of the molecule is OC(c1ccc(Cl)cc1)(c1cccnc1)c1ccc2c(c1)C(c1cccc(Cl)c1)SCc1nnnn1-2. The minimum Gasteiger partial charge on any atom is -0.376 e. The van der Waals surface area contributed by atoms with Crippen molar-refractivity contribution in [3.05, 3.63) is 135 Å². The van der Waals surface area contributed by atoms with Gasteiger partial charge in [0.25, 0.3) is 0 Å². The van der Waals surface area contributed by atoms with E-state index in [9.17, 15) is 5.11 Å². The number of halogens is 2. The summed E-state index contributed by atoms with van der Waals surface area (Å²) in [4.78, 5) is 4.28. The summed E-state index contributed by atoms with van der Waals surface area (Å²) in [5, 5.41) is 25.9. The fourth-order valence-corrected chi connectivity index (χ4v) is 6.15. The minimum atomic E-state index is -1.47. The van der Waals surface area contributed by atoms with Crippen molar-refractivity contribution >= 4 is 35.0 Å². The Bertz CT molecular complexity index is 1540. The fourth-order valence-electron chi connectivity index (χ4n) is 4.63. The second-order valence-corrected chi connectivity index (χ2v) is 10.5. The lowest BCUT2D eigenvalue weighted by molar-refractivity contribution is 0.125. The summed E-state index contributed by atoms with van der Waals surface area (Å²) in [6.07, 6.45) is 3.37. The zero-order valence-electron chi connectivity index (χ0n) is 18.8. The summed E-state index contributed by atoms with van der Waals surface area (Å²) in [5.41, 5.74) is 3.45. The van der Waals surface area contributed by atoms with Gasteiger partial charge >= 0.3 is 0 Å². The molecule has 36 heavy (non-hydrogen) atoms. The molecule has 2 atom stereocenters. The molecule has 6 nitrogen and oxygen atoms in total. The molecule has 0 aliphatic carbocycles. The highest BCUT2D eigenvalue weighted by Gasteiger charge is 2.36. The number of hydrogen-bond acceptors (Lipinski definition) is 6. The van der Waals surface area contributed by atoms with Crippen molar-refractivity contribution in [3.63, 3.8) is 0 Å². The summed E-state index contributed by atoms with van der Waals surface area (Å²) in [6.45, 7) is 0. The third-order valence-corrected chi connectivity index (χ3v) is 8.13. The molecule has 0 fully saturated rings. The van der Waals surface area contributed by atoms with E-state index in [1.807, 2.05) is 60.7 Å². The van der Waals surface area contributed by atoms with E-state index in [1.165, 1.54) is 0 Å². The first kappa shape index (κ1) is 23.2. The molecular formula is C27H19Cl2N5OS. The fraction of sp³-hybridized carbons (Fsp3) is 0.111. The monoisotopic (exact) mass is 531 g/mol. The summed E-state index contributed by atoms with van der Waals surface area (Å²) in [5.74, 6) is 1.39. The van der Waals surface area contributed by atoms with Gasteiger partial charge in [0.1, 0.15) is 5.60 Å². The lowest BCUT2D eigenvalue weighted by atomic mass is 9.80. The molecule has 5 aromatic rings. The first-order chi connectivity index (χ1) is 17.5. The molecule has 0 radical (unpaired) electrons. The van der Waals surface area contributed by atoms with Gasteiger partial charge in [-0.25, -0.2) is 0 Å². The number of tetrazole rings is 1. The standard InChI is InChI=1S/C27H19Cl2N5OS/c28-21-9-6-18(7-10-21)27(35,20-4-2-12-30-15-20)19-8-11-24-23(14-19)26(17-3-1-5-22(29)13-17)36-16-25-31-32-33-34(24)25/h1-15,26,35H,16H2. The number of fused-ring (bicyclic) bond motifs is 3. The Morgan fingerprint density at radius 3 is 2.50 bits per heavy atom. The van der Waals surface area contributed by atoms with Crippen LogP contribution >= 0.6 is 35.0 Å². The Labute approximate surface area is 221 Å². The van der Waals surface area contributed by atoms with Crippen LogP contribution in [-0.2, 0) is 11.4 Å². The number of hydrogen-bond donors (Lipinski definition) is 1.